The van der Waals surface area contributed by atoms with Crippen molar-refractivity contribution in [1.82, 2.24) is 24.6 Å². The van der Waals surface area contributed by atoms with Gasteiger partial charge in [0, 0.05) is 33.6 Å². The Labute approximate surface area is 154 Å². The van der Waals surface area contributed by atoms with Gasteiger partial charge in [0.05, 0.1) is 12.1 Å². The number of benzene rings is 1. The highest BCUT2D eigenvalue weighted by Gasteiger charge is 2.35. The van der Waals surface area contributed by atoms with Gasteiger partial charge in [-0.3, -0.25) is 9.69 Å². The van der Waals surface area contributed by atoms with Crippen molar-refractivity contribution in [1.29, 1.82) is 0 Å². The van der Waals surface area contributed by atoms with Crippen LogP contribution in [0.2, 0.25) is 0 Å². The number of carbonyl (C=O) groups is 1. The number of hydrogen-bond acceptors (Lipinski definition) is 5. The zero-order valence-corrected chi connectivity index (χ0v) is 15.5. The van der Waals surface area contributed by atoms with Gasteiger partial charge >= 0.3 is 0 Å². The van der Waals surface area contributed by atoms with Crippen LogP contribution in [0.4, 0.5) is 0 Å². The minimum atomic E-state index is -0.864. The molecule has 1 atom stereocenters. The van der Waals surface area contributed by atoms with E-state index in [1.807, 2.05) is 53.9 Å². The minimum absolute atomic E-state index is 0.0664. The molecule has 2 heterocycles. The van der Waals surface area contributed by atoms with Gasteiger partial charge in [-0.05, 0) is 24.9 Å². The maximum atomic E-state index is 12.6. The molecule has 3 rings (SSSR count). The summed E-state index contributed by atoms with van der Waals surface area (Å²) in [6.45, 7) is 2.22. The fraction of sp³-hybridized carbons (Fsp3) is 0.526. The van der Waals surface area contributed by atoms with Crippen LogP contribution in [-0.2, 0) is 24.8 Å². The van der Waals surface area contributed by atoms with E-state index in [0.717, 1.165) is 24.4 Å². The number of amides is 1. The van der Waals surface area contributed by atoms with E-state index in [-0.39, 0.29) is 5.91 Å². The molecule has 7 heteroatoms. The number of β-amino-alcohol motifs (C(OH)–C–C–N with tert-alkyl or cyclic N) is 1. The van der Waals surface area contributed by atoms with Gasteiger partial charge in [0.15, 0.2) is 0 Å². The number of nitrogens with zero attached hydrogens (tertiary/aromatic N) is 5. The number of carbonyl (C=O) groups excluding carboxylic acids is 1. The van der Waals surface area contributed by atoms with E-state index in [1.165, 1.54) is 0 Å². The van der Waals surface area contributed by atoms with E-state index in [1.54, 1.807) is 11.2 Å². The highest BCUT2D eigenvalue weighted by Crippen LogP contribution is 2.24. The summed E-state index contributed by atoms with van der Waals surface area (Å²) in [4.78, 5) is 16.4. The standard InChI is InChI=1S/C19H27N5O2/c1-22(12-16-7-4-3-5-8-16)18(25)13-24-10-6-9-19(26,14-24)11-17-21-20-15-23(17)2/h3-5,7-8,15,26H,6,9-14H2,1-2H3. The Morgan fingerprint density at radius 1 is 1.35 bits per heavy atom. The largest absolute Gasteiger partial charge is 0.388 e. The van der Waals surface area contributed by atoms with Gasteiger partial charge in [-0.1, -0.05) is 30.3 Å². The highest BCUT2D eigenvalue weighted by atomic mass is 16.3. The fourth-order valence-corrected chi connectivity index (χ4v) is 3.50. The number of hydrogen-bond donors (Lipinski definition) is 1. The summed E-state index contributed by atoms with van der Waals surface area (Å²) in [6, 6.07) is 9.96. The molecule has 140 valence electrons. The van der Waals surface area contributed by atoms with Crippen LogP contribution in [0.15, 0.2) is 36.7 Å². The molecular formula is C19H27N5O2. The molecular weight excluding hydrogens is 330 g/mol. The molecule has 26 heavy (non-hydrogen) atoms. The Kier molecular flexibility index (Phi) is 5.68. The first-order valence-electron chi connectivity index (χ1n) is 9.01. The second kappa shape index (κ2) is 7.97. The maximum absolute atomic E-state index is 12.6. The Morgan fingerprint density at radius 2 is 2.12 bits per heavy atom. The third kappa shape index (κ3) is 4.68. The molecule has 1 fully saturated rings. The van der Waals surface area contributed by atoms with E-state index in [2.05, 4.69) is 10.2 Å². The lowest BCUT2D eigenvalue weighted by Gasteiger charge is -2.39. The molecule has 1 amide bonds. The summed E-state index contributed by atoms with van der Waals surface area (Å²) in [5.41, 5.74) is 0.248. The normalized spacial score (nSPS) is 20.9. The molecule has 0 aliphatic carbocycles. The van der Waals surface area contributed by atoms with Gasteiger partial charge in [0.25, 0.3) is 0 Å². The first-order chi connectivity index (χ1) is 12.5. The summed E-state index contributed by atoms with van der Waals surface area (Å²) in [6.07, 6.45) is 3.67. The molecule has 1 saturated heterocycles. The molecule has 1 N–H and O–H groups in total. The van der Waals surface area contributed by atoms with E-state index in [0.29, 0.717) is 32.5 Å². The number of aryl methyl sites for hydroxylation is 1. The lowest BCUT2D eigenvalue weighted by Crippen LogP contribution is -2.52. The third-order valence-corrected chi connectivity index (χ3v) is 4.97. The van der Waals surface area contributed by atoms with Crippen LogP contribution in [0, 0.1) is 0 Å². The summed E-state index contributed by atoms with van der Waals surface area (Å²) in [5.74, 6) is 0.832. The van der Waals surface area contributed by atoms with Gasteiger partial charge in [0.1, 0.15) is 12.2 Å². The number of rotatable bonds is 6. The van der Waals surface area contributed by atoms with Gasteiger partial charge in [-0.25, -0.2) is 0 Å². The number of aliphatic hydroxyl groups is 1. The van der Waals surface area contributed by atoms with Crippen molar-refractivity contribution in [2.75, 3.05) is 26.7 Å². The van der Waals surface area contributed by atoms with Crippen molar-refractivity contribution in [2.24, 2.45) is 7.05 Å². The number of likely N-dealkylation sites (N-methyl/N-ethyl adjacent to an activating group) is 1. The molecule has 1 unspecified atom stereocenters. The van der Waals surface area contributed by atoms with E-state index < -0.39 is 5.60 Å². The van der Waals surface area contributed by atoms with Gasteiger partial charge in [-0.15, -0.1) is 10.2 Å². The number of likely N-dealkylation sites (tertiary alicyclic amines) is 1. The fourth-order valence-electron chi connectivity index (χ4n) is 3.50. The maximum Gasteiger partial charge on any atom is 0.236 e. The Balaban J connectivity index is 1.55. The molecule has 0 radical (unpaired) electrons. The van der Waals surface area contributed by atoms with Crippen LogP contribution in [0.3, 0.4) is 0 Å². The third-order valence-electron chi connectivity index (χ3n) is 4.97. The van der Waals surface area contributed by atoms with Crippen LogP contribution < -0.4 is 0 Å². The molecule has 1 aromatic heterocycles. The van der Waals surface area contributed by atoms with Crippen LogP contribution in [0.5, 0.6) is 0 Å². The predicted molar refractivity (Wildman–Crippen MR) is 98.2 cm³/mol. The van der Waals surface area contributed by atoms with Crippen molar-refractivity contribution < 1.29 is 9.90 Å². The molecule has 2 aromatic rings. The van der Waals surface area contributed by atoms with Crippen LogP contribution >= 0.6 is 0 Å². The minimum Gasteiger partial charge on any atom is -0.388 e. The van der Waals surface area contributed by atoms with Crippen LogP contribution in [0.25, 0.3) is 0 Å². The number of aromatic nitrogens is 3. The molecule has 7 nitrogen and oxygen atoms in total. The lowest BCUT2D eigenvalue weighted by atomic mass is 9.89. The summed E-state index contributed by atoms with van der Waals surface area (Å²) >= 11 is 0. The molecule has 1 aromatic carbocycles. The summed E-state index contributed by atoms with van der Waals surface area (Å²) in [7, 11) is 3.70. The second-order valence-electron chi connectivity index (χ2n) is 7.31. The molecule has 0 bridgehead atoms. The Bertz CT molecular complexity index is 733. The van der Waals surface area contributed by atoms with Crippen LogP contribution in [-0.4, -0.2) is 67.9 Å². The van der Waals surface area contributed by atoms with Crippen molar-refractivity contribution in [3.8, 4) is 0 Å². The quantitative estimate of drug-likeness (QED) is 0.829. The van der Waals surface area contributed by atoms with E-state index in [4.69, 9.17) is 0 Å². The smallest absolute Gasteiger partial charge is 0.236 e. The predicted octanol–water partition coefficient (Wildman–Crippen LogP) is 0.843. The Hall–Kier alpha value is -2.25. The van der Waals surface area contributed by atoms with Gasteiger partial charge < -0.3 is 14.6 Å². The molecule has 0 spiro atoms. The van der Waals surface area contributed by atoms with Crippen molar-refractivity contribution >= 4 is 5.91 Å². The summed E-state index contributed by atoms with van der Waals surface area (Å²) in [5, 5.41) is 18.9. The average Bonchev–Trinajstić information content (AvgIpc) is 3.00. The molecule has 0 saturated carbocycles. The number of piperidine rings is 1. The monoisotopic (exact) mass is 357 g/mol. The molecule has 1 aliphatic heterocycles. The first-order valence-corrected chi connectivity index (χ1v) is 9.01. The second-order valence-corrected chi connectivity index (χ2v) is 7.31. The topological polar surface area (TPSA) is 74.5 Å². The van der Waals surface area contributed by atoms with E-state index in [9.17, 15) is 9.90 Å². The lowest BCUT2D eigenvalue weighted by molar-refractivity contribution is -0.133. The zero-order chi connectivity index (χ0) is 18.6. The van der Waals surface area contributed by atoms with Crippen molar-refractivity contribution in [3.63, 3.8) is 0 Å². The zero-order valence-electron chi connectivity index (χ0n) is 15.5. The van der Waals surface area contributed by atoms with E-state index >= 15 is 0 Å². The molecule has 1 aliphatic rings. The average molecular weight is 357 g/mol. The van der Waals surface area contributed by atoms with Crippen molar-refractivity contribution in [2.45, 2.75) is 31.4 Å². The van der Waals surface area contributed by atoms with Gasteiger partial charge in [0.2, 0.25) is 5.91 Å². The Morgan fingerprint density at radius 3 is 2.81 bits per heavy atom. The summed E-state index contributed by atoms with van der Waals surface area (Å²) < 4.78 is 1.83. The first kappa shape index (κ1) is 18.5. The van der Waals surface area contributed by atoms with Crippen molar-refractivity contribution in [3.05, 3.63) is 48.0 Å². The van der Waals surface area contributed by atoms with Gasteiger partial charge in [-0.2, -0.15) is 0 Å². The highest BCUT2D eigenvalue weighted by molar-refractivity contribution is 5.78. The SMILES string of the molecule is CN(Cc1ccccc1)C(=O)CN1CCCC(O)(Cc2nncn2C)C1. The van der Waals surface area contributed by atoms with Crippen LogP contribution in [0.1, 0.15) is 24.2 Å².